The van der Waals surface area contributed by atoms with E-state index >= 15 is 0 Å². The first-order valence-electron chi connectivity index (χ1n) is 8.34. The van der Waals surface area contributed by atoms with Crippen LogP contribution in [-0.2, 0) is 19.6 Å². The fourth-order valence-corrected chi connectivity index (χ4v) is 3.40. The van der Waals surface area contributed by atoms with Crippen LogP contribution >= 0.6 is 0 Å². The van der Waals surface area contributed by atoms with Gasteiger partial charge in [0.2, 0.25) is 15.9 Å². The molecule has 0 spiro atoms. The number of amides is 1. The highest BCUT2D eigenvalue weighted by molar-refractivity contribution is 7.89. The molecule has 1 aromatic carbocycles. The van der Waals surface area contributed by atoms with E-state index in [1.165, 1.54) is 12.1 Å². The van der Waals surface area contributed by atoms with Gasteiger partial charge in [0.25, 0.3) is 0 Å². The van der Waals surface area contributed by atoms with Gasteiger partial charge in [-0.2, -0.15) is 4.72 Å². The molecule has 0 heterocycles. The molecule has 25 heavy (non-hydrogen) atoms. The Morgan fingerprint density at radius 3 is 2.36 bits per heavy atom. The standard InChI is InChI=1S/C17H26N2O5S/c1-3-4-5-12-18-16(20)11-10-15(17(21)22)19-25(23,24)14-8-6-13(2)7-9-14/h6-9,15,19H,3-5,10-12H2,1-2H3,(H,18,20)(H,21,22)/t15-/m1/s1. The van der Waals surface area contributed by atoms with Crippen LogP contribution in [0.4, 0.5) is 0 Å². The Labute approximate surface area is 148 Å². The molecule has 0 aliphatic heterocycles. The van der Waals surface area contributed by atoms with Gasteiger partial charge in [0.15, 0.2) is 0 Å². The number of benzene rings is 1. The van der Waals surface area contributed by atoms with Crippen LogP contribution in [0.3, 0.4) is 0 Å². The fraction of sp³-hybridized carbons (Fsp3) is 0.529. The number of hydrogen-bond acceptors (Lipinski definition) is 4. The molecule has 0 saturated carbocycles. The summed E-state index contributed by atoms with van der Waals surface area (Å²) in [4.78, 5) is 23.0. The van der Waals surface area contributed by atoms with E-state index in [4.69, 9.17) is 0 Å². The second-order valence-electron chi connectivity index (χ2n) is 5.92. The number of sulfonamides is 1. The molecule has 0 aliphatic rings. The van der Waals surface area contributed by atoms with Crippen molar-refractivity contribution in [1.29, 1.82) is 0 Å². The number of aliphatic carboxylic acids is 1. The number of carboxylic acid groups (broad SMARTS) is 1. The van der Waals surface area contributed by atoms with E-state index < -0.39 is 22.0 Å². The van der Waals surface area contributed by atoms with Crippen molar-refractivity contribution in [2.75, 3.05) is 6.54 Å². The maximum Gasteiger partial charge on any atom is 0.321 e. The van der Waals surface area contributed by atoms with Crippen LogP contribution in [-0.4, -0.2) is 38.0 Å². The molecule has 7 nitrogen and oxygen atoms in total. The predicted molar refractivity (Wildman–Crippen MR) is 94.7 cm³/mol. The molecule has 0 saturated heterocycles. The number of rotatable bonds is 11. The van der Waals surface area contributed by atoms with Gasteiger partial charge in [0.1, 0.15) is 6.04 Å². The maximum atomic E-state index is 12.3. The van der Waals surface area contributed by atoms with E-state index in [1.54, 1.807) is 12.1 Å². The van der Waals surface area contributed by atoms with Crippen LogP contribution in [0.2, 0.25) is 0 Å². The summed E-state index contributed by atoms with van der Waals surface area (Å²) >= 11 is 0. The van der Waals surface area contributed by atoms with Crippen molar-refractivity contribution in [3.8, 4) is 0 Å². The van der Waals surface area contributed by atoms with Crippen LogP contribution in [0.1, 0.15) is 44.6 Å². The summed E-state index contributed by atoms with van der Waals surface area (Å²) < 4.78 is 26.7. The zero-order valence-electron chi connectivity index (χ0n) is 14.6. The number of carbonyl (C=O) groups excluding carboxylic acids is 1. The third kappa shape index (κ3) is 7.66. The number of nitrogens with one attached hydrogen (secondary N) is 2. The van der Waals surface area contributed by atoms with E-state index in [1.807, 2.05) is 6.92 Å². The van der Waals surface area contributed by atoms with Crippen LogP contribution < -0.4 is 10.0 Å². The first-order valence-corrected chi connectivity index (χ1v) is 9.83. The lowest BCUT2D eigenvalue weighted by Crippen LogP contribution is -2.41. The van der Waals surface area contributed by atoms with Crippen LogP contribution in [0.15, 0.2) is 29.2 Å². The minimum absolute atomic E-state index is 0.00614. The molecule has 3 N–H and O–H groups in total. The van der Waals surface area contributed by atoms with Gasteiger partial charge in [-0.25, -0.2) is 8.42 Å². The molecular weight excluding hydrogens is 344 g/mol. The van der Waals surface area contributed by atoms with Gasteiger partial charge in [0.05, 0.1) is 4.90 Å². The predicted octanol–water partition coefficient (Wildman–Crippen LogP) is 1.81. The van der Waals surface area contributed by atoms with Crippen molar-refractivity contribution in [2.45, 2.75) is 56.9 Å². The highest BCUT2D eigenvalue weighted by Crippen LogP contribution is 2.12. The lowest BCUT2D eigenvalue weighted by molar-refractivity contribution is -0.139. The van der Waals surface area contributed by atoms with Crippen LogP contribution in [0.5, 0.6) is 0 Å². The molecule has 0 aliphatic carbocycles. The summed E-state index contributed by atoms with van der Waals surface area (Å²) in [6.45, 7) is 4.42. The van der Waals surface area contributed by atoms with E-state index in [9.17, 15) is 23.1 Å². The Morgan fingerprint density at radius 2 is 1.80 bits per heavy atom. The largest absolute Gasteiger partial charge is 0.480 e. The lowest BCUT2D eigenvalue weighted by Gasteiger charge is -2.15. The topological polar surface area (TPSA) is 113 Å². The fourth-order valence-electron chi connectivity index (χ4n) is 2.17. The molecule has 0 radical (unpaired) electrons. The highest BCUT2D eigenvalue weighted by Gasteiger charge is 2.25. The number of aryl methyl sites for hydroxylation is 1. The van der Waals surface area contributed by atoms with Gasteiger partial charge >= 0.3 is 5.97 Å². The van der Waals surface area contributed by atoms with Gasteiger partial charge < -0.3 is 10.4 Å². The summed E-state index contributed by atoms with van der Waals surface area (Å²) in [5.41, 5.74) is 0.897. The Balaban J connectivity index is 2.60. The normalized spacial score (nSPS) is 12.6. The quantitative estimate of drug-likeness (QED) is 0.514. The second kappa shape index (κ2) is 10.1. The van der Waals surface area contributed by atoms with Gasteiger partial charge in [0, 0.05) is 13.0 Å². The molecule has 140 valence electrons. The minimum Gasteiger partial charge on any atom is -0.480 e. The summed E-state index contributed by atoms with van der Waals surface area (Å²) in [7, 11) is -3.96. The van der Waals surface area contributed by atoms with E-state index in [0.29, 0.717) is 6.54 Å². The molecule has 0 bridgehead atoms. The summed E-state index contributed by atoms with van der Waals surface area (Å²) in [6, 6.07) is 4.74. The summed E-state index contributed by atoms with van der Waals surface area (Å²) in [5, 5.41) is 11.9. The highest BCUT2D eigenvalue weighted by atomic mass is 32.2. The van der Waals surface area contributed by atoms with Gasteiger partial charge in [-0.15, -0.1) is 0 Å². The Bertz CT molecular complexity index is 671. The van der Waals surface area contributed by atoms with E-state index in [-0.39, 0.29) is 23.6 Å². The third-order valence-corrected chi connectivity index (χ3v) is 5.18. The molecule has 0 unspecified atom stereocenters. The molecule has 0 fully saturated rings. The van der Waals surface area contributed by atoms with Crippen molar-refractivity contribution < 1.29 is 23.1 Å². The Morgan fingerprint density at radius 1 is 1.16 bits per heavy atom. The van der Waals surface area contributed by atoms with Gasteiger partial charge in [-0.3, -0.25) is 9.59 Å². The van der Waals surface area contributed by atoms with Crippen molar-refractivity contribution in [2.24, 2.45) is 0 Å². The van der Waals surface area contributed by atoms with Crippen molar-refractivity contribution >= 4 is 21.9 Å². The SMILES string of the molecule is CCCCCNC(=O)CC[C@@H](NS(=O)(=O)c1ccc(C)cc1)C(=O)O. The molecule has 0 aromatic heterocycles. The lowest BCUT2D eigenvalue weighted by atomic mass is 10.1. The van der Waals surface area contributed by atoms with Gasteiger partial charge in [-0.1, -0.05) is 37.5 Å². The number of carboxylic acids is 1. The molecule has 1 amide bonds. The Kier molecular flexibility index (Phi) is 8.57. The number of hydrogen-bond donors (Lipinski definition) is 3. The maximum absolute atomic E-state index is 12.3. The first kappa shape index (κ1) is 21.1. The van der Waals surface area contributed by atoms with E-state index in [0.717, 1.165) is 24.8 Å². The second-order valence-corrected chi connectivity index (χ2v) is 7.63. The summed E-state index contributed by atoms with van der Waals surface area (Å²) in [5.74, 6) is -1.59. The molecular formula is C17H26N2O5S. The Hall–Kier alpha value is -1.93. The monoisotopic (exact) mass is 370 g/mol. The number of carbonyl (C=O) groups is 2. The van der Waals surface area contributed by atoms with Crippen LogP contribution in [0, 0.1) is 6.92 Å². The zero-order chi connectivity index (χ0) is 18.9. The number of unbranched alkanes of at least 4 members (excludes halogenated alkanes) is 2. The third-order valence-electron chi connectivity index (χ3n) is 3.69. The first-order chi connectivity index (χ1) is 11.8. The van der Waals surface area contributed by atoms with Crippen molar-refractivity contribution in [3.63, 3.8) is 0 Å². The molecule has 1 rings (SSSR count). The van der Waals surface area contributed by atoms with Gasteiger partial charge in [-0.05, 0) is 31.9 Å². The van der Waals surface area contributed by atoms with Crippen molar-refractivity contribution in [3.05, 3.63) is 29.8 Å². The average molecular weight is 370 g/mol. The smallest absolute Gasteiger partial charge is 0.321 e. The zero-order valence-corrected chi connectivity index (χ0v) is 15.4. The minimum atomic E-state index is -3.96. The average Bonchev–Trinajstić information content (AvgIpc) is 2.55. The van der Waals surface area contributed by atoms with E-state index in [2.05, 4.69) is 17.0 Å². The molecule has 8 heteroatoms. The molecule has 1 atom stereocenters. The van der Waals surface area contributed by atoms with Crippen LogP contribution in [0.25, 0.3) is 0 Å². The summed E-state index contributed by atoms with van der Waals surface area (Å²) in [6.07, 6.45) is 2.75. The van der Waals surface area contributed by atoms with Crippen molar-refractivity contribution in [1.82, 2.24) is 10.0 Å². The molecule has 1 aromatic rings.